The predicted octanol–water partition coefficient (Wildman–Crippen LogP) is 3.66. The Morgan fingerprint density at radius 1 is 1.26 bits per heavy atom. The second kappa shape index (κ2) is 9.04. The molecule has 6 nitrogen and oxygen atoms in total. The van der Waals surface area contributed by atoms with Gasteiger partial charge in [-0.05, 0) is 56.5 Å². The first kappa shape index (κ1) is 20.1. The van der Waals surface area contributed by atoms with Crippen molar-refractivity contribution in [2.75, 3.05) is 19.6 Å². The van der Waals surface area contributed by atoms with Gasteiger partial charge in [-0.25, -0.2) is 0 Å². The van der Waals surface area contributed by atoms with Crippen molar-refractivity contribution in [3.63, 3.8) is 0 Å². The summed E-state index contributed by atoms with van der Waals surface area (Å²) in [5.41, 5.74) is 0.875. The summed E-state index contributed by atoms with van der Waals surface area (Å²) in [6.07, 6.45) is 4.78. The van der Waals surface area contributed by atoms with E-state index >= 15 is 0 Å². The van der Waals surface area contributed by atoms with Crippen molar-refractivity contribution < 1.29 is 9.32 Å². The molecule has 2 saturated heterocycles. The van der Waals surface area contributed by atoms with E-state index in [9.17, 15) is 4.79 Å². The summed E-state index contributed by atoms with van der Waals surface area (Å²) in [7, 11) is 0. The van der Waals surface area contributed by atoms with Crippen molar-refractivity contribution in [1.29, 1.82) is 0 Å². The monoisotopic (exact) mass is 410 g/mol. The minimum Gasteiger partial charge on any atom is -0.342 e. The molecule has 2 aromatic rings. The van der Waals surface area contributed by atoms with Crippen molar-refractivity contribution in [2.24, 2.45) is 0 Å². The van der Waals surface area contributed by atoms with E-state index in [1.54, 1.807) is 0 Å². The zero-order chi connectivity index (χ0) is 17.9. The number of nitrogens with zero attached hydrogens (tertiary/aromatic N) is 3. The van der Waals surface area contributed by atoms with Gasteiger partial charge in [0, 0.05) is 36.1 Å². The average molecular weight is 411 g/mol. The van der Waals surface area contributed by atoms with Crippen molar-refractivity contribution in [3.05, 3.63) is 35.2 Å². The molecule has 2 aliphatic rings. The normalized spacial score (nSPS) is 22.5. The van der Waals surface area contributed by atoms with Crippen molar-refractivity contribution in [3.8, 4) is 11.4 Å². The third-order valence-corrected chi connectivity index (χ3v) is 5.50. The molecule has 1 aromatic heterocycles. The minimum absolute atomic E-state index is 0. The third kappa shape index (κ3) is 4.81. The zero-order valence-electron chi connectivity index (χ0n) is 15.1. The van der Waals surface area contributed by atoms with E-state index < -0.39 is 0 Å². The van der Waals surface area contributed by atoms with Gasteiger partial charge in [-0.15, -0.1) is 12.4 Å². The highest BCUT2D eigenvalue weighted by atomic mass is 35.5. The maximum atomic E-state index is 12.6. The molecule has 0 saturated carbocycles. The van der Waals surface area contributed by atoms with Crippen LogP contribution in [0.25, 0.3) is 11.4 Å². The molecule has 4 rings (SSSR count). The summed E-state index contributed by atoms with van der Waals surface area (Å²) in [4.78, 5) is 19.1. The van der Waals surface area contributed by atoms with Crippen LogP contribution in [0.4, 0.5) is 0 Å². The van der Waals surface area contributed by atoms with Crippen LogP contribution in [0.2, 0.25) is 5.02 Å². The topological polar surface area (TPSA) is 71.3 Å². The van der Waals surface area contributed by atoms with Crippen LogP contribution in [0, 0.1) is 0 Å². The lowest BCUT2D eigenvalue weighted by Gasteiger charge is -2.31. The first-order valence-corrected chi connectivity index (χ1v) is 9.67. The second-order valence-corrected chi connectivity index (χ2v) is 7.58. The number of nitrogens with one attached hydrogen (secondary N) is 1. The Morgan fingerprint density at radius 3 is 2.81 bits per heavy atom. The summed E-state index contributed by atoms with van der Waals surface area (Å²) in [5, 5.41) is 8.18. The predicted molar refractivity (Wildman–Crippen MR) is 106 cm³/mol. The SMILES string of the molecule is Cl.O=C(CC1CCCN1)N1CCCC(c2nc(-c3ccc(Cl)cc3)no2)C1. The van der Waals surface area contributed by atoms with E-state index in [2.05, 4.69) is 15.5 Å². The van der Waals surface area contributed by atoms with Crippen molar-refractivity contribution in [2.45, 2.75) is 44.1 Å². The fourth-order valence-electron chi connectivity index (χ4n) is 3.79. The Kier molecular flexibility index (Phi) is 6.73. The number of rotatable bonds is 4. The molecule has 0 bridgehead atoms. The van der Waals surface area contributed by atoms with E-state index in [1.807, 2.05) is 29.2 Å². The maximum Gasteiger partial charge on any atom is 0.231 e. The summed E-state index contributed by atoms with van der Waals surface area (Å²) < 4.78 is 5.51. The van der Waals surface area contributed by atoms with E-state index in [0.717, 1.165) is 44.3 Å². The standard InChI is InChI=1S/C19H23ClN4O2.ClH/c20-15-7-5-13(6-8-15)18-22-19(26-23-18)14-3-2-10-24(12-14)17(25)11-16-4-1-9-21-16;/h5-8,14,16,21H,1-4,9-12H2;1H. The summed E-state index contributed by atoms with van der Waals surface area (Å²) >= 11 is 5.93. The minimum atomic E-state index is 0. The molecular formula is C19H24Cl2N4O2. The van der Waals surface area contributed by atoms with E-state index in [4.69, 9.17) is 16.1 Å². The highest BCUT2D eigenvalue weighted by Gasteiger charge is 2.30. The molecule has 1 aromatic carbocycles. The number of likely N-dealkylation sites (tertiary alicyclic amines) is 1. The molecule has 2 fully saturated rings. The molecular weight excluding hydrogens is 387 g/mol. The Hall–Kier alpha value is -1.63. The number of hydrogen-bond donors (Lipinski definition) is 1. The molecule has 27 heavy (non-hydrogen) atoms. The number of halogens is 2. The number of aromatic nitrogens is 2. The van der Waals surface area contributed by atoms with Crippen LogP contribution in [0.1, 0.15) is 43.9 Å². The quantitative estimate of drug-likeness (QED) is 0.832. The van der Waals surface area contributed by atoms with Crippen LogP contribution in [-0.2, 0) is 4.79 Å². The lowest BCUT2D eigenvalue weighted by atomic mass is 9.97. The van der Waals surface area contributed by atoms with Gasteiger partial charge in [0.1, 0.15) is 0 Å². The molecule has 1 N–H and O–H groups in total. The first-order chi connectivity index (χ1) is 12.7. The van der Waals surface area contributed by atoms with E-state index in [-0.39, 0.29) is 24.2 Å². The Labute approximate surface area is 170 Å². The fourth-order valence-corrected chi connectivity index (χ4v) is 3.92. The van der Waals surface area contributed by atoms with Gasteiger partial charge in [0.05, 0.1) is 5.92 Å². The maximum absolute atomic E-state index is 12.6. The molecule has 2 atom stereocenters. The first-order valence-electron chi connectivity index (χ1n) is 9.30. The number of amides is 1. The number of piperidine rings is 1. The van der Waals surface area contributed by atoms with Gasteiger partial charge in [0.15, 0.2) is 0 Å². The van der Waals surface area contributed by atoms with Crippen LogP contribution in [0.5, 0.6) is 0 Å². The molecule has 146 valence electrons. The van der Waals surface area contributed by atoms with Gasteiger partial charge in [0.25, 0.3) is 0 Å². The molecule has 2 unspecified atom stereocenters. The fraction of sp³-hybridized carbons (Fsp3) is 0.526. The average Bonchev–Trinajstić information content (AvgIpc) is 3.34. The Morgan fingerprint density at radius 2 is 2.07 bits per heavy atom. The molecule has 0 spiro atoms. The number of carbonyl (C=O) groups excluding carboxylic acids is 1. The highest BCUT2D eigenvalue weighted by molar-refractivity contribution is 6.30. The van der Waals surface area contributed by atoms with Crippen molar-refractivity contribution >= 4 is 29.9 Å². The van der Waals surface area contributed by atoms with E-state index in [1.165, 1.54) is 0 Å². The Balaban J connectivity index is 0.00000210. The van der Waals surface area contributed by atoms with Crippen LogP contribution in [0.15, 0.2) is 28.8 Å². The van der Waals surface area contributed by atoms with E-state index in [0.29, 0.717) is 35.7 Å². The van der Waals surface area contributed by atoms with Gasteiger partial charge >= 0.3 is 0 Å². The van der Waals surface area contributed by atoms with Gasteiger partial charge in [0.2, 0.25) is 17.6 Å². The van der Waals surface area contributed by atoms with Gasteiger partial charge in [-0.1, -0.05) is 16.8 Å². The van der Waals surface area contributed by atoms with Crippen LogP contribution in [0.3, 0.4) is 0 Å². The summed E-state index contributed by atoms with van der Waals surface area (Å²) in [6, 6.07) is 7.71. The number of benzene rings is 1. The molecule has 0 radical (unpaired) electrons. The van der Waals surface area contributed by atoms with Crippen LogP contribution >= 0.6 is 24.0 Å². The van der Waals surface area contributed by atoms with Gasteiger partial charge < -0.3 is 14.7 Å². The largest absolute Gasteiger partial charge is 0.342 e. The zero-order valence-corrected chi connectivity index (χ0v) is 16.6. The van der Waals surface area contributed by atoms with Crippen molar-refractivity contribution in [1.82, 2.24) is 20.4 Å². The second-order valence-electron chi connectivity index (χ2n) is 7.14. The molecule has 1 amide bonds. The Bertz CT molecular complexity index is 759. The van der Waals surface area contributed by atoms with Gasteiger partial charge in [-0.2, -0.15) is 4.98 Å². The summed E-state index contributed by atoms with van der Waals surface area (Å²) in [5.74, 6) is 1.52. The number of hydrogen-bond acceptors (Lipinski definition) is 5. The van der Waals surface area contributed by atoms with Crippen LogP contribution < -0.4 is 5.32 Å². The molecule has 2 aliphatic heterocycles. The smallest absolute Gasteiger partial charge is 0.231 e. The van der Waals surface area contributed by atoms with Gasteiger partial charge in [-0.3, -0.25) is 4.79 Å². The lowest BCUT2D eigenvalue weighted by Crippen LogP contribution is -2.41. The molecule has 0 aliphatic carbocycles. The summed E-state index contributed by atoms with van der Waals surface area (Å²) in [6.45, 7) is 2.50. The lowest BCUT2D eigenvalue weighted by molar-refractivity contribution is -0.133. The third-order valence-electron chi connectivity index (χ3n) is 5.25. The molecule has 3 heterocycles. The number of carbonyl (C=O) groups is 1. The highest BCUT2D eigenvalue weighted by Crippen LogP contribution is 2.28. The van der Waals surface area contributed by atoms with Crippen LogP contribution in [-0.4, -0.2) is 46.6 Å². The molecule has 8 heteroatoms.